The maximum Gasteiger partial charge on any atom is 0.128 e. The van der Waals surface area contributed by atoms with Crippen molar-refractivity contribution in [2.75, 3.05) is 7.05 Å². The van der Waals surface area contributed by atoms with E-state index in [1.807, 2.05) is 36.0 Å². The first kappa shape index (κ1) is 11.2. The first-order valence-corrected chi connectivity index (χ1v) is 5.94. The van der Waals surface area contributed by atoms with Gasteiger partial charge in [-0.2, -0.15) is 0 Å². The van der Waals surface area contributed by atoms with E-state index in [0.29, 0.717) is 5.92 Å². The zero-order valence-electron chi connectivity index (χ0n) is 10.1. The molecular weight excluding hydrogens is 200 g/mol. The van der Waals surface area contributed by atoms with E-state index in [9.17, 15) is 0 Å². The van der Waals surface area contributed by atoms with Crippen LogP contribution in [0.1, 0.15) is 31.5 Å². The van der Waals surface area contributed by atoms with Gasteiger partial charge in [-0.05, 0) is 12.8 Å². The molecule has 0 unspecified atom stereocenters. The normalized spacial score (nSPS) is 16.6. The van der Waals surface area contributed by atoms with Crippen LogP contribution in [-0.2, 0) is 13.6 Å². The number of imidazole rings is 1. The largest absolute Gasteiger partial charge is 0.356 e. The van der Waals surface area contributed by atoms with Crippen LogP contribution in [0.2, 0.25) is 0 Å². The van der Waals surface area contributed by atoms with Crippen molar-refractivity contribution in [1.29, 1.82) is 5.41 Å². The Morgan fingerprint density at radius 1 is 1.56 bits per heavy atom. The maximum absolute atomic E-state index is 8.15. The average Bonchev–Trinajstić information content (AvgIpc) is 2.89. The van der Waals surface area contributed by atoms with Crippen molar-refractivity contribution in [2.24, 2.45) is 13.0 Å². The second-order valence-corrected chi connectivity index (χ2v) is 4.68. The standard InChI is InChI=1S/C12H20N4/c1-15-8-7-14-11(15)9-16(2)12(13)10-5-3-4-6-10/h7-8,10,13H,3-6,9H2,1-2H3. The molecule has 2 rings (SSSR count). The highest BCUT2D eigenvalue weighted by Crippen LogP contribution is 2.26. The predicted molar refractivity (Wildman–Crippen MR) is 64.4 cm³/mol. The van der Waals surface area contributed by atoms with Gasteiger partial charge in [-0.3, -0.25) is 5.41 Å². The van der Waals surface area contributed by atoms with Gasteiger partial charge in [0, 0.05) is 32.4 Å². The Morgan fingerprint density at radius 2 is 2.25 bits per heavy atom. The maximum atomic E-state index is 8.15. The molecule has 0 bridgehead atoms. The molecule has 1 N–H and O–H groups in total. The molecule has 1 aromatic rings. The summed E-state index contributed by atoms with van der Waals surface area (Å²) >= 11 is 0. The molecule has 1 saturated carbocycles. The van der Waals surface area contributed by atoms with Crippen molar-refractivity contribution in [3.05, 3.63) is 18.2 Å². The molecule has 0 atom stereocenters. The van der Waals surface area contributed by atoms with Crippen LogP contribution in [0.3, 0.4) is 0 Å². The summed E-state index contributed by atoms with van der Waals surface area (Å²) in [5, 5.41) is 8.15. The molecule has 0 amide bonds. The Kier molecular flexibility index (Phi) is 3.27. The van der Waals surface area contributed by atoms with Crippen LogP contribution in [0.5, 0.6) is 0 Å². The monoisotopic (exact) mass is 220 g/mol. The molecule has 1 aliphatic carbocycles. The molecular formula is C12H20N4. The van der Waals surface area contributed by atoms with E-state index in [0.717, 1.165) is 18.2 Å². The SMILES string of the molecule is CN(Cc1nccn1C)C(=N)C1CCCC1. The predicted octanol–water partition coefficient (Wildman–Crippen LogP) is 2.02. The fourth-order valence-electron chi connectivity index (χ4n) is 2.36. The van der Waals surface area contributed by atoms with Gasteiger partial charge in [0.1, 0.15) is 5.82 Å². The minimum atomic E-state index is 0.477. The first-order valence-electron chi connectivity index (χ1n) is 5.94. The highest BCUT2D eigenvalue weighted by atomic mass is 15.2. The molecule has 0 aliphatic heterocycles. The molecule has 0 saturated heterocycles. The van der Waals surface area contributed by atoms with Gasteiger partial charge in [0.05, 0.1) is 12.4 Å². The van der Waals surface area contributed by atoms with E-state index in [2.05, 4.69) is 4.98 Å². The number of aromatic nitrogens is 2. The quantitative estimate of drug-likeness (QED) is 0.625. The van der Waals surface area contributed by atoms with Crippen LogP contribution in [0.15, 0.2) is 12.4 Å². The van der Waals surface area contributed by atoms with Crippen molar-refractivity contribution in [3.63, 3.8) is 0 Å². The number of hydrogen-bond acceptors (Lipinski definition) is 2. The van der Waals surface area contributed by atoms with Crippen LogP contribution in [-0.4, -0.2) is 27.3 Å². The van der Waals surface area contributed by atoms with Crippen LogP contribution in [0, 0.1) is 11.3 Å². The molecule has 0 radical (unpaired) electrons. The Balaban J connectivity index is 1.94. The highest BCUT2D eigenvalue weighted by Gasteiger charge is 2.22. The van der Waals surface area contributed by atoms with Crippen molar-refractivity contribution < 1.29 is 0 Å². The molecule has 1 aromatic heterocycles. The van der Waals surface area contributed by atoms with Gasteiger partial charge >= 0.3 is 0 Å². The zero-order chi connectivity index (χ0) is 11.5. The van der Waals surface area contributed by atoms with Crippen LogP contribution in [0.4, 0.5) is 0 Å². The van der Waals surface area contributed by atoms with Gasteiger partial charge in [0.15, 0.2) is 0 Å². The Hall–Kier alpha value is -1.32. The number of rotatable bonds is 3. The minimum absolute atomic E-state index is 0.477. The lowest BCUT2D eigenvalue weighted by molar-refractivity contribution is 0.436. The highest BCUT2D eigenvalue weighted by molar-refractivity contribution is 5.81. The van der Waals surface area contributed by atoms with Gasteiger partial charge in [0.25, 0.3) is 0 Å². The smallest absolute Gasteiger partial charge is 0.128 e. The molecule has 0 spiro atoms. The van der Waals surface area contributed by atoms with Crippen LogP contribution >= 0.6 is 0 Å². The van der Waals surface area contributed by atoms with Crippen LogP contribution in [0.25, 0.3) is 0 Å². The third-order valence-corrected chi connectivity index (χ3v) is 3.45. The fourth-order valence-corrected chi connectivity index (χ4v) is 2.36. The number of aryl methyl sites for hydroxylation is 1. The average molecular weight is 220 g/mol. The molecule has 1 fully saturated rings. The van der Waals surface area contributed by atoms with Gasteiger partial charge in [-0.1, -0.05) is 12.8 Å². The molecule has 0 aromatic carbocycles. The summed E-state index contributed by atoms with van der Waals surface area (Å²) in [6, 6.07) is 0. The fraction of sp³-hybridized carbons (Fsp3) is 0.667. The molecule has 4 heteroatoms. The first-order chi connectivity index (χ1) is 7.68. The Bertz CT molecular complexity index is 363. The second-order valence-electron chi connectivity index (χ2n) is 4.68. The summed E-state index contributed by atoms with van der Waals surface area (Å²) < 4.78 is 2.01. The number of nitrogens with zero attached hydrogens (tertiary/aromatic N) is 3. The van der Waals surface area contributed by atoms with E-state index in [4.69, 9.17) is 5.41 Å². The topological polar surface area (TPSA) is 44.9 Å². The summed E-state index contributed by atoms with van der Waals surface area (Å²) in [5.41, 5.74) is 0. The van der Waals surface area contributed by atoms with Gasteiger partial charge < -0.3 is 9.47 Å². The lowest BCUT2D eigenvalue weighted by atomic mass is 10.1. The summed E-state index contributed by atoms with van der Waals surface area (Å²) in [7, 11) is 3.99. The third-order valence-electron chi connectivity index (χ3n) is 3.45. The summed E-state index contributed by atoms with van der Waals surface area (Å²) in [5.74, 6) is 2.27. The summed E-state index contributed by atoms with van der Waals surface area (Å²) in [6.07, 6.45) is 8.69. The summed E-state index contributed by atoms with van der Waals surface area (Å²) in [6.45, 7) is 0.735. The van der Waals surface area contributed by atoms with Gasteiger partial charge in [0.2, 0.25) is 0 Å². The van der Waals surface area contributed by atoms with Crippen LogP contribution < -0.4 is 0 Å². The molecule has 16 heavy (non-hydrogen) atoms. The lowest BCUT2D eigenvalue weighted by Crippen LogP contribution is -2.31. The zero-order valence-corrected chi connectivity index (χ0v) is 10.1. The van der Waals surface area contributed by atoms with Crippen molar-refractivity contribution in [2.45, 2.75) is 32.2 Å². The lowest BCUT2D eigenvalue weighted by Gasteiger charge is -2.23. The third kappa shape index (κ3) is 2.26. The van der Waals surface area contributed by atoms with E-state index >= 15 is 0 Å². The van der Waals surface area contributed by atoms with E-state index in [1.165, 1.54) is 25.7 Å². The second kappa shape index (κ2) is 4.68. The van der Waals surface area contributed by atoms with E-state index in [1.54, 1.807) is 0 Å². The molecule has 1 aliphatic rings. The van der Waals surface area contributed by atoms with Crippen molar-refractivity contribution in [1.82, 2.24) is 14.5 Å². The number of hydrogen-bond donors (Lipinski definition) is 1. The van der Waals surface area contributed by atoms with E-state index in [-0.39, 0.29) is 0 Å². The summed E-state index contributed by atoms with van der Waals surface area (Å²) in [4.78, 5) is 6.32. The molecule has 1 heterocycles. The Labute approximate surface area is 96.8 Å². The Morgan fingerprint density at radius 3 is 2.81 bits per heavy atom. The number of amidine groups is 1. The van der Waals surface area contributed by atoms with Crippen molar-refractivity contribution in [3.8, 4) is 0 Å². The van der Waals surface area contributed by atoms with E-state index < -0.39 is 0 Å². The molecule has 88 valence electrons. The number of nitrogens with one attached hydrogen (secondary N) is 1. The van der Waals surface area contributed by atoms with Crippen molar-refractivity contribution >= 4 is 5.84 Å². The minimum Gasteiger partial charge on any atom is -0.356 e. The molecule has 4 nitrogen and oxygen atoms in total. The van der Waals surface area contributed by atoms with Gasteiger partial charge in [-0.15, -0.1) is 0 Å². The van der Waals surface area contributed by atoms with Gasteiger partial charge in [-0.25, -0.2) is 4.98 Å².